The fraction of sp³-hybridized carbons (Fsp3) is 1.00. The fourth-order valence-corrected chi connectivity index (χ4v) is 1.70. The second kappa shape index (κ2) is 4.08. The van der Waals surface area contributed by atoms with E-state index in [1.807, 2.05) is 0 Å². The van der Waals surface area contributed by atoms with E-state index in [1.165, 1.54) is 6.54 Å². The Kier molecular flexibility index (Phi) is 4.69. The SMILES string of the molecule is CCN(C)[SiH2]I. The van der Waals surface area contributed by atoms with Gasteiger partial charge in [0.2, 0.25) is 0 Å². The van der Waals surface area contributed by atoms with E-state index in [0.29, 0.717) is 0 Å². The van der Waals surface area contributed by atoms with Crippen LogP contribution >= 0.6 is 21.8 Å². The minimum absolute atomic E-state index is 0.142. The molecule has 0 fully saturated rings. The lowest BCUT2D eigenvalue weighted by Gasteiger charge is -2.05. The second-order valence-corrected chi connectivity index (χ2v) is 4.66. The Bertz CT molecular complexity index is 30.0. The number of halogens is 1. The van der Waals surface area contributed by atoms with Gasteiger partial charge in [-0.25, -0.2) is 0 Å². The third kappa shape index (κ3) is 3.11. The van der Waals surface area contributed by atoms with Crippen molar-refractivity contribution in [1.82, 2.24) is 4.57 Å². The average molecular weight is 215 g/mol. The fourth-order valence-electron chi connectivity index (χ4n) is 0.0845. The van der Waals surface area contributed by atoms with Gasteiger partial charge in [0.25, 0.3) is 0 Å². The molecule has 3 heteroatoms. The van der Waals surface area contributed by atoms with E-state index in [9.17, 15) is 0 Å². The van der Waals surface area contributed by atoms with Gasteiger partial charge in [-0.3, -0.25) is 0 Å². The summed E-state index contributed by atoms with van der Waals surface area (Å²) in [5, 5.41) is 0. The van der Waals surface area contributed by atoms with Crippen molar-refractivity contribution in [2.75, 3.05) is 13.6 Å². The molecule has 0 aliphatic rings. The quantitative estimate of drug-likeness (QED) is 0.365. The molecule has 0 unspecified atom stereocenters. The molecule has 38 valence electrons. The van der Waals surface area contributed by atoms with Gasteiger partial charge in [-0.2, -0.15) is 0 Å². The van der Waals surface area contributed by atoms with Crippen molar-refractivity contribution in [3.05, 3.63) is 0 Å². The summed E-state index contributed by atoms with van der Waals surface area (Å²) in [6.45, 7) is 3.40. The number of nitrogens with zero attached hydrogens (tertiary/aromatic N) is 1. The van der Waals surface area contributed by atoms with Crippen LogP contribution in [0.3, 0.4) is 0 Å². The van der Waals surface area contributed by atoms with Crippen molar-refractivity contribution < 1.29 is 0 Å². The van der Waals surface area contributed by atoms with Crippen LogP contribution in [0.4, 0.5) is 0 Å². The molecular formula is C3H10INSi. The maximum Gasteiger partial charge on any atom is 0.165 e. The molecule has 0 N–H and O–H groups in total. The zero-order valence-corrected chi connectivity index (χ0v) is 7.81. The van der Waals surface area contributed by atoms with Crippen LogP contribution in [0.5, 0.6) is 0 Å². The Morgan fingerprint density at radius 2 is 2.33 bits per heavy atom. The summed E-state index contributed by atoms with van der Waals surface area (Å²) in [5.41, 5.74) is 0. The molecule has 0 aromatic heterocycles. The first-order chi connectivity index (χ1) is 2.81. The van der Waals surface area contributed by atoms with Gasteiger partial charge in [0, 0.05) is 0 Å². The maximum atomic E-state index is 2.48. The van der Waals surface area contributed by atoms with Crippen LogP contribution in [-0.4, -0.2) is 25.3 Å². The molecule has 1 nitrogen and oxygen atoms in total. The Hall–Kier alpha value is 0.907. The zero-order valence-electron chi connectivity index (χ0n) is 4.24. The molecule has 0 bridgehead atoms. The minimum atomic E-state index is 0.142. The van der Waals surface area contributed by atoms with Gasteiger partial charge in [0.1, 0.15) is 0 Å². The number of rotatable bonds is 2. The molecule has 0 aromatic rings. The Morgan fingerprint density at radius 1 is 1.83 bits per heavy atom. The van der Waals surface area contributed by atoms with E-state index < -0.39 is 0 Å². The lowest BCUT2D eigenvalue weighted by molar-refractivity contribution is 0.579. The third-order valence-electron chi connectivity index (χ3n) is 0.744. The Balaban J connectivity index is 2.75. The van der Waals surface area contributed by atoms with Gasteiger partial charge in [0.15, 0.2) is 7.18 Å². The molecule has 0 spiro atoms. The first-order valence-electron chi connectivity index (χ1n) is 2.05. The minimum Gasteiger partial charge on any atom is -0.324 e. The average Bonchev–Trinajstić information content (AvgIpc) is 1.65. The van der Waals surface area contributed by atoms with Gasteiger partial charge in [-0.1, -0.05) is 6.92 Å². The van der Waals surface area contributed by atoms with E-state index in [2.05, 4.69) is 40.3 Å². The van der Waals surface area contributed by atoms with E-state index in [1.54, 1.807) is 0 Å². The summed E-state index contributed by atoms with van der Waals surface area (Å²) in [7, 11) is 2.31. The molecule has 0 atom stereocenters. The van der Waals surface area contributed by atoms with Gasteiger partial charge in [0.05, 0.1) is 0 Å². The molecule has 6 heavy (non-hydrogen) atoms. The lowest BCUT2D eigenvalue weighted by Crippen LogP contribution is -2.17. The number of hydrogen-bond acceptors (Lipinski definition) is 1. The lowest BCUT2D eigenvalue weighted by atomic mass is 10.8. The summed E-state index contributed by atoms with van der Waals surface area (Å²) in [5.74, 6) is 0. The zero-order chi connectivity index (χ0) is 4.99. The standard InChI is InChI=1S/C3H10INSi/c1-3-5(2)6-4/h3,6H2,1-2H3. The maximum absolute atomic E-state index is 2.48. The van der Waals surface area contributed by atoms with Crippen molar-refractivity contribution in [1.29, 1.82) is 0 Å². The molecule has 0 saturated heterocycles. The highest BCUT2D eigenvalue weighted by atomic mass is 127. The van der Waals surface area contributed by atoms with Gasteiger partial charge in [-0.05, 0) is 13.6 Å². The van der Waals surface area contributed by atoms with E-state index in [0.717, 1.165) is 0 Å². The molecule has 0 aliphatic carbocycles. The van der Waals surface area contributed by atoms with Crippen molar-refractivity contribution in [2.45, 2.75) is 6.92 Å². The monoisotopic (exact) mass is 215 g/mol. The summed E-state index contributed by atoms with van der Waals surface area (Å²) in [6, 6.07) is 0. The summed E-state index contributed by atoms with van der Waals surface area (Å²) >= 11 is 2.48. The predicted octanol–water partition coefficient (Wildman–Crippen LogP) is 0.372. The van der Waals surface area contributed by atoms with Crippen LogP contribution in [0.1, 0.15) is 6.92 Å². The highest BCUT2D eigenvalue weighted by Crippen LogP contribution is 1.81. The van der Waals surface area contributed by atoms with Crippen molar-refractivity contribution >= 4 is 29.0 Å². The summed E-state index contributed by atoms with van der Waals surface area (Å²) in [4.78, 5) is 0. The van der Waals surface area contributed by atoms with E-state index >= 15 is 0 Å². The molecule has 0 aromatic carbocycles. The topological polar surface area (TPSA) is 3.24 Å². The van der Waals surface area contributed by atoms with Crippen LogP contribution in [0, 0.1) is 0 Å². The van der Waals surface area contributed by atoms with Gasteiger partial charge in [-0.15, -0.1) is 21.8 Å². The van der Waals surface area contributed by atoms with Crippen LogP contribution in [-0.2, 0) is 0 Å². The summed E-state index contributed by atoms with van der Waals surface area (Å²) in [6.07, 6.45) is 0. The third-order valence-corrected chi connectivity index (χ3v) is 5.09. The number of hydrogen-bond donors (Lipinski definition) is 0. The van der Waals surface area contributed by atoms with Gasteiger partial charge < -0.3 is 4.57 Å². The first-order valence-corrected chi connectivity index (χ1v) is 7.80. The largest absolute Gasteiger partial charge is 0.324 e. The molecule has 0 rings (SSSR count). The molecule has 0 aliphatic heterocycles. The van der Waals surface area contributed by atoms with Crippen LogP contribution < -0.4 is 0 Å². The van der Waals surface area contributed by atoms with Crippen molar-refractivity contribution in [2.24, 2.45) is 0 Å². The normalized spacial score (nSPS) is 12.0. The first kappa shape index (κ1) is 6.91. The van der Waals surface area contributed by atoms with E-state index in [4.69, 9.17) is 0 Å². The van der Waals surface area contributed by atoms with Crippen molar-refractivity contribution in [3.63, 3.8) is 0 Å². The summed E-state index contributed by atoms with van der Waals surface area (Å²) < 4.78 is 2.38. The van der Waals surface area contributed by atoms with Crippen LogP contribution in [0.25, 0.3) is 0 Å². The van der Waals surface area contributed by atoms with Crippen molar-refractivity contribution in [3.8, 4) is 0 Å². The van der Waals surface area contributed by atoms with Gasteiger partial charge >= 0.3 is 0 Å². The predicted molar refractivity (Wildman–Crippen MR) is 40.9 cm³/mol. The molecular weight excluding hydrogens is 205 g/mol. The van der Waals surface area contributed by atoms with Crippen LogP contribution in [0.2, 0.25) is 0 Å². The van der Waals surface area contributed by atoms with E-state index in [-0.39, 0.29) is 7.18 Å². The highest BCUT2D eigenvalue weighted by molar-refractivity contribution is 14.1. The van der Waals surface area contributed by atoms with Crippen LogP contribution in [0.15, 0.2) is 0 Å². The Labute approximate surface area is 54.2 Å². The molecule has 0 amide bonds. The Morgan fingerprint density at radius 3 is 2.33 bits per heavy atom. The second-order valence-electron chi connectivity index (χ2n) is 1.29. The molecule has 0 heterocycles. The smallest absolute Gasteiger partial charge is 0.165 e. The highest BCUT2D eigenvalue weighted by Gasteiger charge is 1.84. The molecule has 0 radical (unpaired) electrons. The molecule has 0 saturated carbocycles.